The van der Waals surface area contributed by atoms with E-state index < -0.39 is 0 Å². The molecule has 0 unspecified atom stereocenters. The maximum Gasteiger partial charge on any atom is 0.275 e. The highest BCUT2D eigenvalue weighted by Crippen LogP contribution is 2.32. The Morgan fingerprint density at radius 2 is 2.00 bits per heavy atom. The molecule has 4 rings (SSSR count). The second-order valence-electron chi connectivity index (χ2n) is 5.87. The van der Waals surface area contributed by atoms with E-state index in [0.717, 1.165) is 59.8 Å². The fraction of sp³-hybridized carbons (Fsp3) is 0.353. The molecular formula is C17H18N4O2S. The molecule has 0 aromatic carbocycles. The van der Waals surface area contributed by atoms with Crippen LogP contribution in [-0.2, 0) is 18.3 Å². The van der Waals surface area contributed by atoms with E-state index in [0.29, 0.717) is 0 Å². The van der Waals surface area contributed by atoms with E-state index in [4.69, 9.17) is 4.74 Å². The van der Waals surface area contributed by atoms with Crippen LogP contribution in [0.3, 0.4) is 0 Å². The summed E-state index contributed by atoms with van der Waals surface area (Å²) in [5.74, 6) is 0. The van der Waals surface area contributed by atoms with Gasteiger partial charge in [0.2, 0.25) is 0 Å². The number of aryl methyl sites for hydroxylation is 1. The average molecular weight is 342 g/mol. The fourth-order valence-electron chi connectivity index (χ4n) is 3.02. The summed E-state index contributed by atoms with van der Waals surface area (Å²) >= 11 is 1.59. The van der Waals surface area contributed by atoms with Gasteiger partial charge in [-0.1, -0.05) is 0 Å². The van der Waals surface area contributed by atoms with Crippen LogP contribution in [0.2, 0.25) is 0 Å². The van der Waals surface area contributed by atoms with Crippen LogP contribution in [0.1, 0.15) is 5.56 Å². The summed E-state index contributed by atoms with van der Waals surface area (Å²) in [4.78, 5) is 19.1. The number of nitrogens with zero attached hydrogens (tertiary/aromatic N) is 4. The van der Waals surface area contributed by atoms with Gasteiger partial charge in [-0.3, -0.25) is 14.7 Å². The molecule has 7 heteroatoms. The maximum atomic E-state index is 12.7. The maximum absolute atomic E-state index is 12.7. The van der Waals surface area contributed by atoms with Crippen molar-refractivity contribution < 1.29 is 4.74 Å². The Bertz CT molecular complexity index is 913. The van der Waals surface area contributed by atoms with Gasteiger partial charge in [0.05, 0.1) is 23.3 Å². The Hall–Kier alpha value is -2.09. The number of pyridine rings is 1. The molecule has 124 valence electrons. The van der Waals surface area contributed by atoms with Gasteiger partial charge in [0, 0.05) is 44.6 Å². The molecule has 1 fully saturated rings. The first-order valence-corrected chi connectivity index (χ1v) is 8.80. The smallest absolute Gasteiger partial charge is 0.275 e. The second-order valence-corrected chi connectivity index (χ2v) is 6.75. The molecule has 0 amide bonds. The lowest BCUT2D eigenvalue weighted by atomic mass is 10.1. The molecule has 0 aliphatic carbocycles. The number of hydrogen-bond donors (Lipinski definition) is 0. The number of aromatic nitrogens is 3. The molecule has 0 spiro atoms. The minimum absolute atomic E-state index is 0.0349. The molecule has 3 aromatic rings. The standard InChI is InChI=1S/C17H18N4O2S/c1-20-17(22)14-13(10-21-6-8-23-9-7-21)11-24-16(14)15(19-20)12-2-4-18-5-3-12/h2-5,11H,6-10H2,1H3. The van der Waals surface area contributed by atoms with Crippen molar-refractivity contribution in [3.63, 3.8) is 0 Å². The summed E-state index contributed by atoms with van der Waals surface area (Å²) in [5.41, 5.74) is 2.86. The van der Waals surface area contributed by atoms with Gasteiger partial charge >= 0.3 is 0 Å². The van der Waals surface area contributed by atoms with E-state index in [1.54, 1.807) is 30.8 Å². The highest BCUT2D eigenvalue weighted by molar-refractivity contribution is 7.18. The number of rotatable bonds is 3. The molecule has 1 aliphatic rings. The third-order valence-corrected chi connectivity index (χ3v) is 5.33. The first-order valence-electron chi connectivity index (χ1n) is 7.92. The van der Waals surface area contributed by atoms with E-state index in [1.165, 1.54) is 4.68 Å². The third kappa shape index (κ3) is 2.75. The molecule has 0 atom stereocenters. The van der Waals surface area contributed by atoms with Crippen LogP contribution in [0.5, 0.6) is 0 Å². The topological polar surface area (TPSA) is 60.3 Å². The summed E-state index contributed by atoms with van der Waals surface area (Å²) in [6.07, 6.45) is 3.49. The molecule has 6 nitrogen and oxygen atoms in total. The van der Waals surface area contributed by atoms with Crippen LogP contribution >= 0.6 is 11.3 Å². The molecule has 0 bridgehead atoms. The van der Waals surface area contributed by atoms with Crippen LogP contribution in [0.25, 0.3) is 21.3 Å². The third-order valence-electron chi connectivity index (χ3n) is 4.29. The van der Waals surface area contributed by atoms with Crippen molar-refractivity contribution in [2.24, 2.45) is 7.05 Å². The van der Waals surface area contributed by atoms with E-state index in [9.17, 15) is 4.79 Å². The lowest BCUT2D eigenvalue weighted by molar-refractivity contribution is 0.0344. The summed E-state index contributed by atoms with van der Waals surface area (Å²) < 4.78 is 7.79. The van der Waals surface area contributed by atoms with Crippen LogP contribution in [0.15, 0.2) is 34.7 Å². The fourth-order valence-corrected chi connectivity index (χ4v) is 4.08. The number of fused-ring (bicyclic) bond motifs is 1. The van der Waals surface area contributed by atoms with Crippen LogP contribution < -0.4 is 5.56 Å². The minimum Gasteiger partial charge on any atom is -0.379 e. The van der Waals surface area contributed by atoms with E-state index in [2.05, 4.69) is 20.4 Å². The molecule has 0 N–H and O–H groups in total. The molecular weight excluding hydrogens is 324 g/mol. The predicted molar refractivity (Wildman–Crippen MR) is 94.2 cm³/mol. The Morgan fingerprint density at radius 1 is 1.25 bits per heavy atom. The number of morpholine rings is 1. The van der Waals surface area contributed by atoms with Gasteiger partial charge in [-0.2, -0.15) is 5.10 Å². The van der Waals surface area contributed by atoms with Crippen LogP contribution in [0.4, 0.5) is 0 Å². The monoisotopic (exact) mass is 342 g/mol. The van der Waals surface area contributed by atoms with E-state index in [-0.39, 0.29) is 5.56 Å². The Kier molecular flexibility index (Phi) is 4.13. The average Bonchev–Trinajstić information content (AvgIpc) is 3.04. The molecule has 4 heterocycles. The highest BCUT2D eigenvalue weighted by atomic mass is 32.1. The zero-order chi connectivity index (χ0) is 16.5. The molecule has 24 heavy (non-hydrogen) atoms. The van der Waals surface area contributed by atoms with Crippen LogP contribution in [0, 0.1) is 0 Å². The van der Waals surface area contributed by atoms with Gasteiger partial charge in [-0.05, 0) is 23.1 Å². The lowest BCUT2D eigenvalue weighted by Crippen LogP contribution is -2.35. The van der Waals surface area contributed by atoms with Crippen LogP contribution in [-0.4, -0.2) is 46.0 Å². The van der Waals surface area contributed by atoms with Gasteiger partial charge < -0.3 is 4.74 Å². The van der Waals surface area contributed by atoms with Crippen molar-refractivity contribution >= 4 is 21.4 Å². The molecule has 3 aromatic heterocycles. The molecule has 0 radical (unpaired) electrons. The summed E-state index contributed by atoms with van der Waals surface area (Å²) in [6, 6.07) is 3.85. The first kappa shape index (κ1) is 15.4. The highest BCUT2D eigenvalue weighted by Gasteiger charge is 2.19. The van der Waals surface area contributed by atoms with E-state index >= 15 is 0 Å². The summed E-state index contributed by atoms with van der Waals surface area (Å²) in [7, 11) is 1.71. The molecule has 0 saturated carbocycles. The second kappa shape index (κ2) is 6.43. The van der Waals surface area contributed by atoms with Gasteiger partial charge in [0.15, 0.2) is 0 Å². The molecule has 1 saturated heterocycles. The van der Waals surface area contributed by atoms with E-state index in [1.807, 2.05) is 12.1 Å². The zero-order valence-electron chi connectivity index (χ0n) is 13.4. The SMILES string of the molecule is Cn1nc(-c2ccncc2)c2scc(CN3CCOCC3)c2c1=O. The van der Waals surface area contributed by atoms with Crippen molar-refractivity contribution in [3.8, 4) is 11.3 Å². The quantitative estimate of drug-likeness (QED) is 0.727. The van der Waals surface area contributed by atoms with Gasteiger partial charge in [0.25, 0.3) is 5.56 Å². The lowest BCUT2D eigenvalue weighted by Gasteiger charge is -2.26. The van der Waals surface area contributed by atoms with Gasteiger partial charge in [0.1, 0.15) is 5.69 Å². The Morgan fingerprint density at radius 3 is 2.75 bits per heavy atom. The predicted octanol–water partition coefficient (Wildman–Crippen LogP) is 1.89. The number of ether oxygens (including phenoxy) is 1. The van der Waals surface area contributed by atoms with Crippen molar-refractivity contribution in [2.45, 2.75) is 6.54 Å². The van der Waals surface area contributed by atoms with Crippen molar-refractivity contribution in [2.75, 3.05) is 26.3 Å². The zero-order valence-corrected chi connectivity index (χ0v) is 14.3. The van der Waals surface area contributed by atoms with Gasteiger partial charge in [-0.15, -0.1) is 11.3 Å². The Balaban J connectivity index is 1.83. The minimum atomic E-state index is -0.0349. The molecule has 1 aliphatic heterocycles. The first-order chi connectivity index (χ1) is 11.7. The summed E-state index contributed by atoms with van der Waals surface area (Å²) in [5, 5.41) is 7.36. The summed E-state index contributed by atoms with van der Waals surface area (Å²) in [6.45, 7) is 4.09. The number of thiophene rings is 1. The number of hydrogen-bond acceptors (Lipinski definition) is 6. The van der Waals surface area contributed by atoms with Gasteiger partial charge in [-0.25, -0.2) is 4.68 Å². The largest absolute Gasteiger partial charge is 0.379 e. The Labute approximate surface area is 143 Å². The van der Waals surface area contributed by atoms with Crippen molar-refractivity contribution in [1.29, 1.82) is 0 Å². The van der Waals surface area contributed by atoms with Crippen molar-refractivity contribution in [1.82, 2.24) is 19.7 Å². The van der Waals surface area contributed by atoms with Crippen molar-refractivity contribution in [3.05, 3.63) is 45.8 Å². The normalized spacial score (nSPS) is 15.9.